The SMILES string of the molecule is CCc1cccc(C)c1-n1c(C)cc(/C=C(/C#N)c2nc3ccc(C)cc3[nH]2)c1C. The molecule has 150 valence electrons. The van der Waals surface area contributed by atoms with Gasteiger partial charge in [0.05, 0.1) is 22.3 Å². The summed E-state index contributed by atoms with van der Waals surface area (Å²) in [6.07, 6.45) is 2.91. The number of allylic oxidation sites excluding steroid dienone is 1. The molecule has 4 nitrogen and oxygen atoms in total. The molecule has 0 aliphatic heterocycles. The molecule has 0 saturated carbocycles. The molecule has 4 rings (SSSR count). The quantitative estimate of drug-likeness (QED) is 0.418. The van der Waals surface area contributed by atoms with E-state index in [0.29, 0.717) is 11.4 Å². The number of aromatic nitrogens is 3. The second-order valence-electron chi connectivity index (χ2n) is 7.87. The fourth-order valence-electron chi connectivity index (χ4n) is 4.16. The van der Waals surface area contributed by atoms with Crippen molar-refractivity contribution < 1.29 is 0 Å². The van der Waals surface area contributed by atoms with Crippen molar-refractivity contribution in [1.82, 2.24) is 14.5 Å². The number of hydrogen-bond acceptors (Lipinski definition) is 2. The first-order valence-corrected chi connectivity index (χ1v) is 10.3. The molecule has 0 atom stereocenters. The number of nitriles is 1. The number of fused-ring (bicyclic) bond motifs is 1. The van der Waals surface area contributed by atoms with Crippen molar-refractivity contribution in [3.63, 3.8) is 0 Å². The van der Waals surface area contributed by atoms with Gasteiger partial charge in [0.25, 0.3) is 0 Å². The molecule has 30 heavy (non-hydrogen) atoms. The van der Waals surface area contributed by atoms with Gasteiger partial charge in [0.15, 0.2) is 0 Å². The molecule has 1 N–H and O–H groups in total. The maximum atomic E-state index is 9.85. The van der Waals surface area contributed by atoms with Crippen LogP contribution < -0.4 is 0 Å². The third-order valence-electron chi connectivity index (χ3n) is 5.71. The minimum absolute atomic E-state index is 0.532. The van der Waals surface area contributed by atoms with E-state index in [9.17, 15) is 5.26 Å². The first-order valence-electron chi connectivity index (χ1n) is 10.3. The van der Waals surface area contributed by atoms with Crippen molar-refractivity contribution in [3.05, 3.63) is 81.9 Å². The average Bonchev–Trinajstić information content (AvgIpc) is 3.26. The van der Waals surface area contributed by atoms with Crippen LogP contribution in [-0.4, -0.2) is 14.5 Å². The maximum Gasteiger partial charge on any atom is 0.149 e. The molecule has 0 unspecified atom stereocenters. The molecule has 0 saturated heterocycles. The number of para-hydroxylation sites is 1. The molecule has 0 fully saturated rings. The molecule has 2 heterocycles. The largest absolute Gasteiger partial charge is 0.337 e. The fourth-order valence-corrected chi connectivity index (χ4v) is 4.16. The van der Waals surface area contributed by atoms with Gasteiger partial charge in [-0.1, -0.05) is 31.2 Å². The molecular formula is C26H26N4. The molecule has 0 spiro atoms. The van der Waals surface area contributed by atoms with Crippen molar-refractivity contribution in [3.8, 4) is 11.8 Å². The number of nitrogens with zero attached hydrogens (tertiary/aromatic N) is 3. The number of rotatable bonds is 4. The number of aromatic amines is 1. The predicted octanol–water partition coefficient (Wildman–Crippen LogP) is 6.21. The van der Waals surface area contributed by atoms with Gasteiger partial charge in [-0.3, -0.25) is 0 Å². The highest BCUT2D eigenvalue weighted by Crippen LogP contribution is 2.29. The van der Waals surface area contributed by atoms with E-state index in [4.69, 9.17) is 0 Å². The third kappa shape index (κ3) is 3.33. The lowest BCUT2D eigenvalue weighted by Gasteiger charge is -2.17. The van der Waals surface area contributed by atoms with Gasteiger partial charge in [0.2, 0.25) is 0 Å². The van der Waals surface area contributed by atoms with Crippen molar-refractivity contribution in [1.29, 1.82) is 5.26 Å². The van der Waals surface area contributed by atoms with Crippen molar-refractivity contribution in [2.75, 3.05) is 0 Å². The van der Waals surface area contributed by atoms with Gasteiger partial charge in [-0.05, 0) is 80.6 Å². The van der Waals surface area contributed by atoms with Crippen molar-refractivity contribution in [2.45, 2.75) is 41.0 Å². The van der Waals surface area contributed by atoms with E-state index >= 15 is 0 Å². The Balaban J connectivity index is 1.84. The Morgan fingerprint density at radius 1 is 1.13 bits per heavy atom. The van der Waals surface area contributed by atoms with Crippen LogP contribution in [0.1, 0.15) is 46.4 Å². The lowest BCUT2D eigenvalue weighted by molar-refractivity contribution is 0.925. The summed E-state index contributed by atoms with van der Waals surface area (Å²) in [5, 5.41) is 9.85. The fraction of sp³-hybridized carbons (Fsp3) is 0.231. The molecular weight excluding hydrogens is 368 g/mol. The minimum atomic E-state index is 0.532. The zero-order valence-electron chi connectivity index (χ0n) is 18.2. The normalized spacial score (nSPS) is 11.8. The molecule has 0 aliphatic carbocycles. The smallest absolute Gasteiger partial charge is 0.149 e. The molecule has 0 amide bonds. The molecule has 0 bridgehead atoms. The van der Waals surface area contributed by atoms with E-state index in [-0.39, 0.29) is 0 Å². The Kier molecular flexibility index (Phi) is 5.05. The lowest BCUT2D eigenvalue weighted by atomic mass is 10.1. The Bertz CT molecular complexity index is 1330. The Labute approximate surface area is 177 Å². The monoisotopic (exact) mass is 394 g/mol. The van der Waals surface area contributed by atoms with Gasteiger partial charge >= 0.3 is 0 Å². The van der Waals surface area contributed by atoms with E-state index in [0.717, 1.165) is 40.0 Å². The summed E-state index contributed by atoms with van der Waals surface area (Å²) in [7, 11) is 0. The highest BCUT2D eigenvalue weighted by molar-refractivity contribution is 5.91. The number of aryl methyl sites for hydroxylation is 4. The summed E-state index contributed by atoms with van der Waals surface area (Å²) >= 11 is 0. The molecule has 0 radical (unpaired) electrons. The van der Waals surface area contributed by atoms with Gasteiger partial charge in [-0.15, -0.1) is 0 Å². The summed E-state index contributed by atoms with van der Waals surface area (Å²) in [4.78, 5) is 7.93. The summed E-state index contributed by atoms with van der Waals surface area (Å²) < 4.78 is 2.30. The second kappa shape index (κ2) is 7.68. The number of nitrogens with one attached hydrogen (secondary N) is 1. The van der Waals surface area contributed by atoms with Gasteiger partial charge in [0, 0.05) is 11.4 Å². The zero-order chi connectivity index (χ0) is 21.4. The van der Waals surface area contributed by atoms with Crippen LogP contribution in [0.3, 0.4) is 0 Å². The van der Waals surface area contributed by atoms with E-state index < -0.39 is 0 Å². The number of hydrogen-bond donors (Lipinski definition) is 1. The Morgan fingerprint density at radius 3 is 2.67 bits per heavy atom. The van der Waals surface area contributed by atoms with E-state index in [1.807, 2.05) is 25.1 Å². The summed E-state index contributed by atoms with van der Waals surface area (Å²) in [5.41, 5.74) is 10.6. The summed E-state index contributed by atoms with van der Waals surface area (Å²) in [5.74, 6) is 0.605. The standard InChI is InChI=1S/C26H26N4/c1-6-20-9-7-8-17(3)25(20)30-18(4)13-21(19(30)5)14-22(15-27)26-28-23-11-10-16(2)12-24(23)29-26/h7-14H,6H2,1-5H3,(H,28,29)/b22-14-. The van der Waals surface area contributed by atoms with Gasteiger partial charge in [0.1, 0.15) is 11.9 Å². The Hall–Kier alpha value is -3.58. The second-order valence-corrected chi connectivity index (χ2v) is 7.87. The van der Waals surface area contributed by atoms with Gasteiger partial charge < -0.3 is 9.55 Å². The molecule has 4 aromatic rings. The van der Waals surface area contributed by atoms with Crippen LogP contribution in [0.15, 0.2) is 42.5 Å². The van der Waals surface area contributed by atoms with Crippen LogP contribution in [0.4, 0.5) is 0 Å². The van der Waals surface area contributed by atoms with E-state index in [1.54, 1.807) is 0 Å². The zero-order valence-corrected chi connectivity index (χ0v) is 18.2. The number of imidazole rings is 1. The van der Waals surface area contributed by atoms with Crippen LogP contribution in [0.5, 0.6) is 0 Å². The van der Waals surface area contributed by atoms with Gasteiger partial charge in [-0.2, -0.15) is 5.26 Å². The molecule has 2 aromatic carbocycles. The van der Waals surface area contributed by atoms with E-state index in [2.05, 4.69) is 78.6 Å². The minimum Gasteiger partial charge on any atom is -0.337 e. The highest BCUT2D eigenvalue weighted by atomic mass is 15.0. The number of benzene rings is 2. The Morgan fingerprint density at radius 2 is 1.93 bits per heavy atom. The summed E-state index contributed by atoms with van der Waals surface area (Å²) in [6, 6.07) is 17.0. The van der Waals surface area contributed by atoms with Crippen molar-refractivity contribution in [2.24, 2.45) is 0 Å². The van der Waals surface area contributed by atoms with Crippen LogP contribution in [-0.2, 0) is 6.42 Å². The topological polar surface area (TPSA) is 57.4 Å². The van der Waals surface area contributed by atoms with Crippen molar-refractivity contribution >= 4 is 22.7 Å². The maximum absolute atomic E-state index is 9.85. The third-order valence-corrected chi connectivity index (χ3v) is 5.71. The van der Waals surface area contributed by atoms with E-state index in [1.165, 1.54) is 16.8 Å². The summed E-state index contributed by atoms with van der Waals surface area (Å²) in [6.45, 7) is 10.6. The first-order chi connectivity index (χ1) is 14.4. The number of H-pyrrole nitrogens is 1. The molecule has 0 aliphatic rings. The van der Waals surface area contributed by atoms with Crippen LogP contribution in [0.2, 0.25) is 0 Å². The van der Waals surface area contributed by atoms with Crippen LogP contribution in [0.25, 0.3) is 28.4 Å². The van der Waals surface area contributed by atoms with Gasteiger partial charge in [-0.25, -0.2) is 4.98 Å². The van der Waals surface area contributed by atoms with Crippen LogP contribution >= 0.6 is 0 Å². The molecule has 2 aromatic heterocycles. The predicted molar refractivity (Wildman–Crippen MR) is 124 cm³/mol. The van der Waals surface area contributed by atoms with Crippen LogP contribution in [0, 0.1) is 39.0 Å². The lowest BCUT2D eigenvalue weighted by Crippen LogP contribution is -2.05. The molecule has 4 heteroatoms. The average molecular weight is 395 g/mol. The first kappa shape index (κ1) is 19.7. The highest BCUT2D eigenvalue weighted by Gasteiger charge is 2.16.